The summed E-state index contributed by atoms with van der Waals surface area (Å²) in [6, 6.07) is 15.5. The Balaban J connectivity index is 1.59. The van der Waals surface area contributed by atoms with Crippen LogP contribution in [0.2, 0.25) is 0 Å². The minimum absolute atomic E-state index is 0.0492. The average molecular weight is 422 g/mol. The number of halogens is 1. The quantitative estimate of drug-likeness (QED) is 0.634. The number of hydrogen-bond acceptors (Lipinski definition) is 4. The van der Waals surface area contributed by atoms with Gasteiger partial charge in [0.1, 0.15) is 12.4 Å². The van der Waals surface area contributed by atoms with Gasteiger partial charge in [0.05, 0.1) is 6.54 Å². The highest BCUT2D eigenvalue weighted by Crippen LogP contribution is 2.30. The summed E-state index contributed by atoms with van der Waals surface area (Å²) >= 11 is 0. The molecular formula is C23H23FN4O3. The maximum atomic E-state index is 13.3. The molecule has 1 unspecified atom stereocenters. The number of nitrogens with two attached hydrogens (primary N) is 1. The van der Waals surface area contributed by atoms with Crippen LogP contribution in [0.5, 0.6) is 5.75 Å². The highest BCUT2D eigenvalue weighted by Gasteiger charge is 2.37. The Morgan fingerprint density at radius 1 is 1.16 bits per heavy atom. The maximum Gasteiger partial charge on any atom is 0.276 e. The molecule has 2 aromatic carbocycles. The average Bonchev–Trinajstić information content (AvgIpc) is 3.13. The van der Waals surface area contributed by atoms with Crippen molar-refractivity contribution in [2.75, 3.05) is 6.54 Å². The lowest BCUT2D eigenvalue weighted by Crippen LogP contribution is -2.47. The van der Waals surface area contributed by atoms with E-state index >= 15 is 0 Å². The number of benzene rings is 2. The molecule has 2 amide bonds. The highest BCUT2D eigenvalue weighted by atomic mass is 19.1. The lowest BCUT2D eigenvalue weighted by molar-refractivity contribution is 0.0600. The second-order valence-electron chi connectivity index (χ2n) is 7.57. The molecule has 1 aliphatic rings. The molecule has 0 bridgehead atoms. The fraction of sp³-hybridized carbons (Fsp3) is 0.261. The fourth-order valence-electron chi connectivity index (χ4n) is 3.72. The molecule has 4 rings (SSSR count). The number of nitrogens with zero attached hydrogens (tertiary/aromatic N) is 3. The van der Waals surface area contributed by atoms with Gasteiger partial charge in [-0.3, -0.25) is 14.3 Å². The molecular weight excluding hydrogens is 399 g/mol. The van der Waals surface area contributed by atoms with E-state index in [9.17, 15) is 14.0 Å². The van der Waals surface area contributed by atoms with Crippen LogP contribution in [0.1, 0.15) is 39.0 Å². The van der Waals surface area contributed by atoms with Crippen molar-refractivity contribution in [1.82, 2.24) is 14.7 Å². The molecule has 0 saturated carbocycles. The topological polar surface area (TPSA) is 90.5 Å². The third-order valence-electron chi connectivity index (χ3n) is 5.36. The minimum Gasteiger partial charge on any atom is -0.484 e. The van der Waals surface area contributed by atoms with Gasteiger partial charge < -0.3 is 15.4 Å². The normalized spacial score (nSPS) is 15.6. The molecule has 7 nitrogen and oxygen atoms in total. The Morgan fingerprint density at radius 2 is 1.87 bits per heavy atom. The summed E-state index contributed by atoms with van der Waals surface area (Å²) in [7, 11) is 0. The van der Waals surface area contributed by atoms with Crippen molar-refractivity contribution in [3.8, 4) is 5.75 Å². The standard InChI is InChI=1S/C23H23FN4O3/c1-15-13-28-20(23(30)27(15)12-11-16-7-9-18(24)10-8-16)21(19(26-28)22(25)29)31-14-17-5-3-2-4-6-17/h2-10,15H,11-14H2,1H3,(H2,25,29). The summed E-state index contributed by atoms with van der Waals surface area (Å²) in [5, 5.41) is 4.25. The van der Waals surface area contributed by atoms with Crippen LogP contribution in [0.4, 0.5) is 4.39 Å². The number of hydrogen-bond donors (Lipinski definition) is 1. The predicted octanol–water partition coefficient (Wildman–Crippen LogP) is 2.79. The molecule has 0 saturated heterocycles. The molecule has 8 heteroatoms. The molecule has 2 heterocycles. The lowest BCUT2D eigenvalue weighted by Gasteiger charge is -2.34. The fourth-order valence-corrected chi connectivity index (χ4v) is 3.72. The van der Waals surface area contributed by atoms with Gasteiger partial charge in [-0.2, -0.15) is 5.10 Å². The smallest absolute Gasteiger partial charge is 0.276 e. The summed E-state index contributed by atoms with van der Waals surface area (Å²) in [6.45, 7) is 2.96. The van der Waals surface area contributed by atoms with Crippen molar-refractivity contribution < 1.29 is 18.7 Å². The lowest BCUT2D eigenvalue weighted by atomic mass is 10.1. The Bertz CT molecular complexity index is 1100. The van der Waals surface area contributed by atoms with Crippen LogP contribution in [-0.2, 0) is 19.6 Å². The van der Waals surface area contributed by atoms with Gasteiger partial charge in [0, 0.05) is 12.6 Å². The van der Waals surface area contributed by atoms with Crippen molar-refractivity contribution in [1.29, 1.82) is 0 Å². The van der Waals surface area contributed by atoms with Crippen molar-refractivity contribution in [3.63, 3.8) is 0 Å². The van der Waals surface area contributed by atoms with E-state index in [1.807, 2.05) is 37.3 Å². The summed E-state index contributed by atoms with van der Waals surface area (Å²) in [5.74, 6) is -1.21. The van der Waals surface area contributed by atoms with Gasteiger partial charge in [-0.1, -0.05) is 42.5 Å². The monoisotopic (exact) mass is 422 g/mol. The van der Waals surface area contributed by atoms with E-state index in [1.165, 1.54) is 16.8 Å². The second kappa shape index (κ2) is 8.59. The van der Waals surface area contributed by atoms with E-state index < -0.39 is 5.91 Å². The summed E-state index contributed by atoms with van der Waals surface area (Å²) in [4.78, 5) is 27.0. The third-order valence-corrected chi connectivity index (χ3v) is 5.36. The molecule has 2 N–H and O–H groups in total. The number of amides is 2. The summed E-state index contributed by atoms with van der Waals surface area (Å²) in [5.41, 5.74) is 7.50. The second-order valence-corrected chi connectivity index (χ2v) is 7.57. The molecule has 0 spiro atoms. The number of carbonyl (C=O) groups is 2. The summed E-state index contributed by atoms with van der Waals surface area (Å²) < 4.78 is 20.5. The van der Waals surface area contributed by atoms with E-state index in [0.717, 1.165) is 11.1 Å². The van der Waals surface area contributed by atoms with Gasteiger partial charge in [0.25, 0.3) is 11.8 Å². The molecule has 0 aliphatic carbocycles. The van der Waals surface area contributed by atoms with Gasteiger partial charge in [-0.05, 0) is 36.6 Å². The van der Waals surface area contributed by atoms with Crippen LogP contribution >= 0.6 is 0 Å². The molecule has 31 heavy (non-hydrogen) atoms. The number of rotatable bonds is 7. The number of ether oxygens (including phenoxy) is 1. The molecule has 1 aliphatic heterocycles. The highest BCUT2D eigenvalue weighted by molar-refractivity contribution is 6.02. The van der Waals surface area contributed by atoms with Gasteiger partial charge in [-0.15, -0.1) is 0 Å². The van der Waals surface area contributed by atoms with Gasteiger partial charge in [0.15, 0.2) is 17.1 Å². The first-order valence-corrected chi connectivity index (χ1v) is 10.1. The minimum atomic E-state index is -0.747. The zero-order valence-electron chi connectivity index (χ0n) is 17.1. The van der Waals surface area contributed by atoms with Gasteiger partial charge in [0.2, 0.25) is 0 Å². The third kappa shape index (κ3) is 4.28. The number of fused-ring (bicyclic) bond motifs is 1. The van der Waals surface area contributed by atoms with Crippen molar-refractivity contribution >= 4 is 11.8 Å². The molecule has 0 radical (unpaired) electrons. The molecule has 0 fully saturated rings. The molecule has 1 aromatic heterocycles. The Hall–Kier alpha value is -3.68. The Kier molecular flexibility index (Phi) is 5.70. The number of carbonyl (C=O) groups excluding carboxylic acids is 2. The first-order chi connectivity index (χ1) is 14.9. The maximum absolute atomic E-state index is 13.3. The van der Waals surface area contributed by atoms with E-state index in [-0.39, 0.29) is 41.5 Å². The van der Waals surface area contributed by atoms with Gasteiger partial charge in [-0.25, -0.2) is 4.39 Å². The first-order valence-electron chi connectivity index (χ1n) is 10.1. The first kappa shape index (κ1) is 20.6. The summed E-state index contributed by atoms with van der Waals surface area (Å²) in [6.07, 6.45) is 0.577. The Labute approximate surface area is 179 Å². The zero-order valence-corrected chi connectivity index (χ0v) is 17.1. The van der Waals surface area contributed by atoms with Crippen LogP contribution in [0.25, 0.3) is 0 Å². The van der Waals surface area contributed by atoms with E-state index in [0.29, 0.717) is 19.5 Å². The molecule has 160 valence electrons. The zero-order chi connectivity index (χ0) is 22.0. The van der Waals surface area contributed by atoms with Crippen LogP contribution in [0, 0.1) is 5.82 Å². The van der Waals surface area contributed by atoms with Crippen molar-refractivity contribution in [2.45, 2.75) is 32.5 Å². The number of primary amides is 1. The SMILES string of the molecule is CC1Cn2nc(C(N)=O)c(OCc3ccccc3)c2C(=O)N1CCc1ccc(F)cc1. The van der Waals surface area contributed by atoms with Crippen LogP contribution in [0.3, 0.4) is 0 Å². The van der Waals surface area contributed by atoms with E-state index in [1.54, 1.807) is 17.0 Å². The van der Waals surface area contributed by atoms with Crippen molar-refractivity contribution in [3.05, 3.63) is 82.9 Å². The van der Waals surface area contributed by atoms with E-state index in [4.69, 9.17) is 10.5 Å². The van der Waals surface area contributed by atoms with Crippen molar-refractivity contribution in [2.24, 2.45) is 5.73 Å². The Morgan fingerprint density at radius 3 is 2.55 bits per heavy atom. The predicted molar refractivity (Wildman–Crippen MR) is 112 cm³/mol. The van der Waals surface area contributed by atoms with Crippen LogP contribution < -0.4 is 10.5 Å². The van der Waals surface area contributed by atoms with Crippen LogP contribution in [-0.4, -0.2) is 39.1 Å². The largest absolute Gasteiger partial charge is 0.484 e. The molecule has 1 atom stereocenters. The molecule has 3 aromatic rings. The number of aromatic nitrogens is 2. The van der Waals surface area contributed by atoms with Gasteiger partial charge >= 0.3 is 0 Å². The van der Waals surface area contributed by atoms with Crippen LogP contribution in [0.15, 0.2) is 54.6 Å². The van der Waals surface area contributed by atoms with E-state index in [2.05, 4.69) is 5.10 Å².